The van der Waals surface area contributed by atoms with Crippen LogP contribution < -0.4 is 5.32 Å². The van der Waals surface area contributed by atoms with E-state index in [9.17, 15) is 4.79 Å². The van der Waals surface area contributed by atoms with Crippen molar-refractivity contribution in [3.05, 3.63) is 23.7 Å². The number of hydrogen-bond donors (Lipinski definition) is 1. The number of rotatable bonds is 5. The molecule has 19 heavy (non-hydrogen) atoms. The Hall–Kier alpha value is -1.29. The zero-order valence-corrected chi connectivity index (χ0v) is 11.8. The Balaban J connectivity index is 1.85. The Labute approximate surface area is 114 Å². The molecule has 0 saturated heterocycles. The number of hydrogen-bond acceptors (Lipinski definition) is 4. The lowest BCUT2D eigenvalue weighted by atomic mass is 9.76. The zero-order valence-electron chi connectivity index (χ0n) is 11.8. The van der Waals surface area contributed by atoms with Gasteiger partial charge in [-0.1, -0.05) is 26.2 Å². The maximum Gasteiger partial charge on any atom is 0.374 e. The van der Waals surface area contributed by atoms with Gasteiger partial charge in [-0.3, -0.25) is 0 Å². The smallest absolute Gasteiger partial charge is 0.374 e. The highest BCUT2D eigenvalue weighted by Gasteiger charge is 2.26. The van der Waals surface area contributed by atoms with E-state index in [4.69, 9.17) is 9.15 Å². The quantitative estimate of drug-likeness (QED) is 0.831. The number of nitrogens with one attached hydrogen (secondary N) is 1. The topological polar surface area (TPSA) is 51.5 Å². The van der Waals surface area contributed by atoms with Gasteiger partial charge in [-0.2, -0.15) is 0 Å². The molecule has 0 unspecified atom stereocenters. The van der Waals surface area contributed by atoms with E-state index in [-0.39, 0.29) is 0 Å². The van der Waals surface area contributed by atoms with Crippen LogP contribution in [0.25, 0.3) is 0 Å². The number of esters is 1. The number of methoxy groups -OCH3 is 1. The molecule has 0 spiro atoms. The summed E-state index contributed by atoms with van der Waals surface area (Å²) in [6.07, 6.45) is 8.13. The van der Waals surface area contributed by atoms with Gasteiger partial charge in [0.2, 0.25) is 5.76 Å². The molecule has 1 saturated carbocycles. The molecule has 1 aliphatic rings. The molecule has 1 aliphatic carbocycles. The molecule has 1 aromatic rings. The Morgan fingerprint density at radius 3 is 2.84 bits per heavy atom. The Kier molecular flexibility index (Phi) is 4.64. The van der Waals surface area contributed by atoms with Crippen LogP contribution >= 0.6 is 0 Å². The molecule has 4 nitrogen and oxygen atoms in total. The average molecular weight is 265 g/mol. The lowest BCUT2D eigenvalue weighted by Crippen LogP contribution is -2.33. The highest BCUT2D eigenvalue weighted by Crippen LogP contribution is 2.34. The van der Waals surface area contributed by atoms with Crippen molar-refractivity contribution >= 4 is 5.97 Å². The predicted molar refractivity (Wildman–Crippen MR) is 72.9 cm³/mol. The van der Waals surface area contributed by atoms with Gasteiger partial charge in [0.15, 0.2) is 0 Å². The summed E-state index contributed by atoms with van der Waals surface area (Å²) in [5.74, 6) is -0.102. The molecule has 1 heterocycles. The minimum atomic E-state index is -0.411. The molecule has 106 valence electrons. The summed E-state index contributed by atoms with van der Waals surface area (Å²) in [6, 6.07) is 1.82. The second kappa shape index (κ2) is 6.24. The van der Waals surface area contributed by atoms with Crippen LogP contribution in [-0.4, -0.2) is 19.6 Å². The standard InChI is InChI=1S/C15H23NO3/c1-15(7-4-3-5-8-15)11-16-10-12-6-9-19-13(12)14(17)18-2/h6,9,16H,3-5,7-8,10-11H2,1-2H3. The Morgan fingerprint density at radius 2 is 2.16 bits per heavy atom. The van der Waals surface area contributed by atoms with Crippen LogP contribution in [-0.2, 0) is 11.3 Å². The van der Waals surface area contributed by atoms with Crippen LogP contribution in [0.4, 0.5) is 0 Å². The molecule has 0 aromatic carbocycles. The van der Waals surface area contributed by atoms with Crippen molar-refractivity contribution in [1.82, 2.24) is 5.32 Å². The van der Waals surface area contributed by atoms with Gasteiger partial charge in [0.1, 0.15) is 0 Å². The Bertz CT molecular complexity index is 419. The summed E-state index contributed by atoms with van der Waals surface area (Å²) in [5, 5.41) is 3.45. The average Bonchev–Trinajstić information content (AvgIpc) is 2.87. The van der Waals surface area contributed by atoms with Gasteiger partial charge in [-0.05, 0) is 24.3 Å². The van der Waals surface area contributed by atoms with Gasteiger partial charge in [-0.25, -0.2) is 4.79 Å². The third kappa shape index (κ3) is 3.60. The zero-order chi connectivity index (χ0) is 13.7. The highest BCUT2D eigenvalue weighted by atomic mass is 16.5. The second-order valence-electron chi connectivity index (χ2n) is 5.74. The fraction of sp³-hybridized carbons (Fsp3) is 0.667. The minimum absolute atomic E-state index is 0.309. The molecule has 1 N–H and O–H groups in total. The maximum absolute atomic E-state index is 11.5. The first-order chi connectivity index (χ1) is 9.14. The van der Waals surface area contributed by atoms with Crippen LogP contribution in [0.1, 0.15) is 55.1 Å². The van der Waals surface area contributed by atoms with Gasteiger partial charge in [0.05, 0.1) is 13.4 Å². The first-order valence-electron chi connectivity index (χ1n) is 7.00. The van der Waals surface area contributed by atoms with E-state index in [0.717, 1.165) is 12.1 Å². The van der Waals surface area contributed by atoms with E-state index in [0.29, 0.717) is 17.7 Å². The fourth-order valence-electron chi connectivity index (χ4n) is 2.83. The first kappa shape index (κ1) is 14.1. The number of furan rings is 1. The Morgan fingerprint density at radius 1 is 1.42 bits per heavy atom. The van der Waals surface area contributed by atoms with Crippen molar-refractivity contribution in [1.29, 1.82) is 0 Å². The summed E-state index contributed by atoms with van der Waals surface area (Å²) >= 11 is 0. The molecular formula is C15H23NO3. The van der Waals surface area contributed by atoms with Crippen LogP contribution in [0.3, 0.4) is 0 Å². The van der Waals surface area contributed by atoms with Crippen molar-refractivity contribution in [2.75, 3.05) is 13.7 Å². The summed E-state index contributed by atoms with van der Waals surface area (Å²) in [5.41, 5.74) is 1.26. The molecule has 1 aromatic heterocycles. The predicted octanol–water partition coefficient (Wildman–Crippen LogP) is 3.13. The van der Waals surface area contributed by atoms with Gasteiger partial charge in [-0.15, -0.1) is 0 Å². The molecular weight excluding hydrogens is 242 g/mol. The minimum Gasteiger partial charge on any atom is -0.463 e. The van der Waals surface area contributed by atoms with Crippen LogP contribution in [0.2, 0.25) is 0 Å². The van der Waals surface area contributed by atoms with E-state index in [1.807, 2.05) is 6.07 Å². The summed E-state index contributed by atoms with van der Waals surface area (Å²) in [6.45, 7) is 3.98. The monoisotopic (exact) mass is 265 g/mol. The van der Waals surface area contributed by atoms with Crippen molar-refractivity contribution in [2.45, 2.75) is 45.6 Å². The van der Waals surface area contributed by atoms with Crippen molar-refractivity contribution < 1.29 is 13.9 Å². The van der Waals surface area contributed by atoms with Crippen molar-refractivity contribution in [3.8, 4) is 0 Å². The van der Waals surface area contributed by atoms with E-state index >= 15 is 0 Å². The normalized spacial score (nSPS) is 18.2. The van der Waals surface area contributed by atoms with Gasteiger partial charge in [0.25, 0.3) is 0 Å². The summed E-state index contributed by atoms with van der Waals surface area (Å²) < 4.78 is 9.86. The second-order valence-corrected chi connectivity index (χ2v) is 5.74. The number of ether oxygens (including phenoxy) is 1. The van der Waals surface area contributed by atoms with E-state index in [1.165, 1.54) is 45.5 Å². The van der Waals surface area contributed by atoms with Crippen LogP contribution in [0.5, 0.6) is 0 Å². The van der Waals surface area contributed by atoms with E-state index in [2.05, 4.69) is 12.2 Å². The van der Waals surface area contributed by atoms with Gasteiger partial charge < -0.3 is 14.5 Å². The highest BCUT2D eigenvalue weighted by molar-refractivity contribution is 5.87. The fourth-order valence-corrected chi connectivity index (χ4v) is 2.83. The van der Waals surface area contributed by atoms with Crippen molar-refractivity contribution in [3.63, 3.8) is 0 Å². The largest absolute Gasteiger partial charge is 0.463 e. The lowest BCUT2D eigenvalue weighted by molar-refractivity contribution is 0.0563. The molecule has 0 aliphatic heterocycles. The molecule has 0 atom stereocenters. The van der Waals surface area contributed by atoms with Crippen LogP contribution in [0, 0.1) is 5.41 Å². The molecule has 2 rings (SSSR count). The number of carbonyl (C=O) groups is 1. The summed E-state index contributed by atoms with van der Waals surface area (Å²) in [4.78, 5) is 11.5. The van der Waals surface area contributed by atoms with Gasteiger partial charge >= 0.3 is 5.97 Å². The summed E-state index contributed by atoms with van der Waals surface area (Å²) in [7, 11) is 1.37. The molecule has 0 radical (unpaired) electrons. The molecule has 0 amide bonds. The van der Waals surface area contributed by atoms with Gasteiger partial charge in [0, 0.05) is 18.7 Å². The maximum atomic E-state index is 11.5. The molecule has 1 fully saturated rings. The van der Waals surface area contributed by atoms with Crippen LogP contribution in [0.15, 0.2) is 16.7 Å². The molecule has 4 heteroatoms. The first-order valence-corrected chi connectivity index (χ1v) is 7.00. The SMILES string of the molecule is COC(=O)c1occc1CNCC1(C)CCCCC1. The number of carbonyl (C=O) groups excluding carboxylic acids is 1. The third-order valence-electron chi connectivity index (χ3n) is 4.05. The lowest BCUT2D eigenvalue weighted by Gasteiger charge is -2.33. The third-order valence-corrected chi connectivity index (χ3v) is 4.05. The van der Waals surface area contributed by atoms with Crippen molar-refractivity contribution in [2.24, 2.45) is 5.41 Å². The van der Waals surface area contributed by atoms with E-state index < -0.39 is 5.97 Å². The van der Waals surface area contributed by atoms with E-state index in [1.54, 1.807) is 0 Å². The molecule has 0 bridgehead atoms.